The molecule has 0 aliphatic rings. The third kappa shape index (κ3) is 8.00. The summed E-state index contributed by atoms with van der Waals surface area (Å²) in [6.45, 7) is 1.61. The molecular weight excluding hydrogens is 441 g/mol. The van der Waals surface area contributed by atoms with Gasteiger partial charge in [-0.05, 0) is 34.7 Å². The molecule has 3 amide bonds. The van der Waals surface area contributed by atoms with Crippen LogP contribution in [-0.2, 0) is 29.2 Å². The number of nitrogens with one attached hydrogen (secondary N) is 1. The van der Waals surface area contributed by atoms with Crippen molar-refractivity contribution in [2.24, 2.45) is 0 Å². The Bertz CT molecular complexity index is 998. The number of urea groups is 1. The minimum absolute atomic E-state index is 0.0868. The normalized spacial score (nSPS) is 10.6. The van der Waals surface area contributed by atoms with Gasteiger partial charge in [0.1, 0.15) is 12.4 Å². The number of carbonyl (C=O) groups excluding carboxylic acids is 2. The zero-order valence-corrected chi connectivity index (χ0v) is 19.4. The molecule has 0 bridgehead atoms. The van der Waals surface area contributed by atoms with E-state index in [1.165, 1.54) is 17.0 Å². The predicted molar refractivity (Wildman–Crippen MR) is 127 cm³/mol. The molecule has 3 aromatic rings. The fraction of sp³-hybridized carbons (Fsp3) is 0.280. The molecule has 0 atom stereocenters. The highest BCUT2D eigenvalue weighted by Crippen LogP contribution is 2.16. The SMILES string of the molecule is COCCN(CC(=O)N(Cc1ccc(F)cc1)Cc1cccs1)C(=O)NCc1ccccc1. The fourth-order valence-corrected chi connectivity index (χ4v) is 3.96. The van der Waals surface area contributed by atoms with Crippen LogP contribution in [0.4, 0.5) is 9.18 Å². The van der Waals surface area contributed by atoms with Crippen LogP contribution >= 0.6 is 11.3 Å². The number of halogens is 1. The summed E-state index contributed by atoms with van der Waals surface area (Å²) in [4.78, 5) is 30.3. The van der Waals surface area contributed by atoms with Crippen LogP contribution in [0, 0.1) is 5.82 Å². The summed E-state index contributed by atoms with van der Waals surface area (Å²) >= 11 is 1.56. The van der Waals surface area contributed by atoms with Gasteiger partial charge in [0.05, 0.1) is 13.2 Å². The van der Waals surface area contributed by atoms with Crippen LogP contribution in [0.5, 0.6) is 0 Å². The molecule has 33 heavy (non-hydrogen) atoms. The van der Waals surface area contributed by atoms with Crippen molar-refractivity contribution in [1.82, 2.24) is 15.1 Å². The molecule has 2 aromatic carbocycles. The van der Waals surface area contributed by atoms with Crippen molar-refractivity contribution in [3.8, 4) is 0 Å². The second kappa shape index (κ2) is 12.7. The van der Waals surface area contributed by atoms with E-state index in [4.69, 9.17) is 4.74 Å². The van der Waals surface area contributed by atoms with Crippen molar-refractivity contribution in [3.63, 3.8) is 0 Å². The molecule has 0 aliphatic heterocycles. The van der Waals surface area contributed by atoms with Gasteiger partial charge in [-0.2, -0.15) is 0 Å². The molecule has 3 rings (SSSR count). The van der Waals surface area contributed by atoms with E-state index in [2.05, 4.69) is 5.32 Å². The average molecular weight is 470 g/mol. The van der Waals surface area contributed by atoms with E-state index in [1.807, 2.05) is 47.8 Å². The van der Waals surface area contributed by atoms with Gasteiger partial charge in [-0.1, -0.05) is 48.5 Å². The molecule has 174 valence electrons. The first-order valence-corrected chi connectivity index (χ1v) is 11.5. The highest BCUT2D eigenvalue weighted by Gasteiger charge is 2.22. The monoisotopic (exact) mass is 469 g/mol. The Morgan fingerprint density at radius 2 is 1.70 bits per heavy atom. The van der Waals surface area contributed by atoms with E-state index in [9.17, 15) is 14.0 Å². The molecular formula is C25H28FN3O3S. The number of benzene rings is 2. The molecule has 8 heteroatoms. The van der Waals surface area contributed by atoms with Gasteiger partial charge in [0, 0.05) is 31.6 Å². The van der Waals surface area contributed by atoms with Crippen molar-refractivity contribution in [2.45, 2.75) is 19.6 Å². The largest absolute Gasteiger partial charge is 0.383 e. The summed E-state index contributed by atoms with van der Waals surface area (Å²) in [7, 11) is 1.56. The van der Waals surface area contributed by atoms with Crippen LogP contribution in [-0.4, -0.2) is 48.5 Å². The van der Waals surface area contributed by atoms with E-state index in [0.717, 1.165) is 16.0 Å². The topological polar surface area (TPSA) is 61.9 Å². The molecule has 0 unspecified atom stereocenters. The van der Waals surface area contributed by atoms with Gasteiger partial charge in [-0.25, -0.2) is 9.18 Å². The van der Waals surface area contributed by atoms with Gasteiger partial charge < -0.3 is 19.9 Å². The first kappa shape index (κ1) is 24.4. The van der Waals surface area contributed by atoms with Crippen molar-refractivity contribution in [1.29, 1.82) is 0 Å². The minimum atomic E-state index is -0.331. The summed E-state index contributed by atoms with van der Waals surface area (Å²) in [6, 6.07) is 19.2. The molecule has 0 radical (unpaired) electrons. The predicted octanol–water partition coefficient (Wildman–Crippen LogP) is 4.27. The Labute approximate surface area is 197 Å². The molecule has 0 spiro atoms. The number of amides is 3. The molecule has 0 aliphatic carbocycles. The Hall–Kier alpha value is -3.23. The third-order valence-electron chi connectivity index (χ3n) is 5.03. The number of methoxy groups -OCH3 is 1. The lowest BCUT2D eigenvalue weighted by Gasteiger charge is -2.27. The number of rotatable bonds is 11. The van der Waals surface area contributed by atoms with Gasteiger partial charge in [0.2, 0.25) is 5.91 Å². The number of carbonyl (C=O) groups is 2. The van der Waals surface area contributed by atoms with Crippen LogP contribution in [0.2, 0.25) is 0 Å². The summed E-state index contributed by atoms with van der Waals surface area (Å²) in [5.41, 5.74) is 1.79. The lowest BCUT2D eigenvalue weighted by molar-refractivity contribution is -0.133. The Morgan fingerprint density at radius 1 is 0.939 bits per heavy atom. The number of hydrogen-bond donors (Lipinski definition) is 1. The van der Waals surface area contributed by atoms with E-state index < -0.39 is 0 Å². The second-order valence-electron chi connectivity index (χ2n) is 7.51. The average Bonchev–Trinajstić information content (AvgIpc) is 3.35. The highest BCUT2D eigenvalue weighted by molar-refractivity contribution is 7.09. The standard InChI is InChI=1S/C25H28FN3O3S/c1-32-14-13-28(25(31)27-16-20-6-3-2-4-7-20)19-24(30)29(18-23-8-5-15-33-23)17-21-9-11-22(26)12-10-21/h2-12,15H,13-14,16-19H2,1H3,(H,27,31). The Kier molecular flexibility index (Phi) is 9.41. The molecule has 1 N–H and O–H groups in total. The fourth-order valence-electron chi connectivity index (χ4n) is 3.24. The molecule has 1 aromatic heterocycles. The maximum absolute atomic E-state index is 13.3. The van der Waals surface area contributed by atoms with E-state index >= 15 is 0 Å². The Balaban J connectivity index is 1.69. The highest BCUT2D eigenvalue weighted by atomic mass is 32.1. The summed E-state index contributed by atoms with van der Waals surface area (Å²) in [6.07, 6.45) is 0. The second-order valence-corrected chi connectivity index (χ2v) is 8.55. The maximum atomic E-state index is 13.3. The first-order chi connectivity index (χ1) is 16.0. The van der Waals surface area contributed by atoms with Crippen LogP contribution in [0.15, 0.2) is 72.1 Å². The maximum Gasteiger partial charge on any atom is 0.318 e. The van der Waals surface area contributed by atoms with Crippen LogP contribution in [0.3, 0.4) is 0 Å². The summed E-state index contributed by atoms with van der Waals surface area (Å²) in [5.74, 6) is -0.519. The number of thiophene rings is 1. The van der Waals surface area contributed by atoms with Gasteiger partial charge >= 0.3 is 6.03 Å². The smallest absolute Gasteiger partial charge is 0.318 e. The zero-order valence-electron chi connectivity index (χ0n) is 18.6. The minimum Gasteiger partial charge on any atom is -0.383 e. The third-order valence-corrected chi connectivity index (χ3v) is 5.89. The summed E-state index contributed by atoms with van der Waals surface area (Å²) in [5, 5.41) is 4.83. The number of hydrogen-bond acceptors (Lipinski definition) is 4. The molecule has 1 heterocycles. The lowest BCUT2D eigenvalue weighted by atomic mass is 10.2. The molecule has 0 saturated carbocycles. The van der Waals surface area contributed by atoms with Crippen molar-refractivity contribution in [3.05, 3.63) is 93.9 Å². The van der Waals surface area contributed by atoms with Crippen LogP contribution in [0.1, 0.15) is 16.0 Å². The van der Waals surface area contributed by atoms with Crippen molar-refractivity contribution >= 4 is 23.3 Å². The molecule has 6 nitrogen and oxygen atoms in total. The molecule has 0 saturated heterocycles. The number of ether oxygens (including phenoxy) is 1. The molecule has 0 fully saturated rings. The quantitative estimate of drug-likeness (QED) is 0.456. The zero-order chi connectivity index (χ0) is 23.5. The van der Waals surface area contributed by atoms with Crippen molar-refractivity contribution < 1.29 is 18.7 Å². The summed E-state index contributed by atoms with van der Waals surface area (Å²) < 4.78 is 18.5. The van der Waals surface area contributed by atoms with E-state index in [0.29, 0.717) is 26.2 Å². The van der Waals surface area contributed by atoms with Gasteiger partial charge in [0.25, 0.3) is 0 Å². The van der Waals surface area contributed by atoms with Gasteiger partial charge in [0.15, 0.2) is 0 Å². The van der Waals surface area contributed by atoms with Gasteiger partial charge in [-0.3, -0.25) is 4.79 Å². The first-order valence-electron chi connectivity index (χ1n) is 10.7. The van der Waals surface area contributed by atoms with Crippen LogP contribution < -0.4 is 5.32 Å². The van der Waals surface area contributed by atoms with E-state index in [1.54, 1.807) is 35.5 Å². The van der Waals surface area contributed by atoms with Crippen LogP contribution in [0.25, 0.3) is 0 Å². The Morgan fingerprint density at radius 3 is 2.36 bits per heavy atom. The lowest BCUT2D eigenvalue weighted by Crippen LogP contribution is -2.47. The number of nitrogens with zero attached hydrogens (tertiary/aromatic N) is 2. The van der Waals surface area contributed by atoms with Crippen molar-refractivity contribution in [2.75, 3.05) is 26.8 Å². The van der Waals surface area contributed by atoms with Gasteiger partial charge in [-0.15, -0.1) is 11.3 Å². The van der Waals surface area contributed by atoms with E-state index in [-0.39, 0.29) is 30.8 Å².